The molecule has 0 amide bonds. The smallest absolute Gasteiger partial charge is 0.151 e. The third-order valence-electron chi connectivity index (χ3n) is 5.34. The van der Waals surface area contributed by atoms with E-state index in [4.69, 9.17) is 0 Å². The molecular formula is C22H30O7. The Kier molecular flexibility index (Phi) is 8.58. The van der Waals surface area contributed by atoms with Gasteiger partial charge in [-0.25, -0.2) is 0 Å². The third-order valence-corrected chi connectivity index (χ3v) is 5.34. The van der Waals surface area contributed by atoms with Gasteiger partial charge in [0, 0.05) is 0 Å². The van der Waals surface area contributed by atoms with Gasteiger partial charge < -0.3 is 35.7 Å². The van der Waals surface area contributed by atoms with Crippen LogP contribution in [0, 0.1) is 0 Å². The maximum atomic E-state index is 9.44. The lowest BCUT2D eigenvalue weighted by Gasteiger charge is -2.36. The van der Waals surface area contributed by atoms with Gasteiger partial charge >= 0.3 is 0 Å². The molecule has 0 aliphatic rings. The molecule has 0 aromatic heterocycles. The van der Waals surface area contributed by atoms with Crippen LogP contribution >= 0.6 is 0 Å². The van der Waals surface area contributed by atoms with Gasteiger partial charge in [-0.2, -0.15) is 0 Å². The molecule has 0 aliphatic heterocycles. The van der Waals surface area contributed by atoms with Gasteiger partial charge in [0.25, 0.3) is 0 Å². The number of hydrogen-bond acceptors (Lipinski definition) is 7. The number of aromatic hydroxyl groups is 1. The van der Waals surface area contributed by atoms with Crippen molar-refractivity contribution in [3.8, 4) is 16.9 Å². The first-order valence-corrected chi connectivity index (χ1v) is 9.70. The molecule has 2 aromatic carbocycles. The van der Waals surface area contributed by atoms with Crippen molar-refractivity contribution in [1.29, 1.82) is 0 Å². The molecule has 2 rings (SSSR count). The van der Waals surface area contributed by atoms with Gasteiger partial charge in [0.2, 0.25) is 0 Å². The SMILES string of the molecule is Oc1ccc(-c2ccc(C(CCC(O)O)(CCC(O)O)CCC(O)O)cc2)cc1. The molecule has 0 atom stereocenters. The van der Waals surface area contributed by atoms with Gasteiger partial charge in [-0.05, 0) is 72.8 Å². The molecule has 7 nitrogen and oxygen atoms in total. The van der Waals surface area contributed by atoms with Crippen molar-refractivity contribution in [2.45, 2.75) is 62.8 Å². The van der Waals surface area contributed by atoms with E-state index in [1.807, 2.05) is 24.3 Å². The Bertz CT molecular complexity index is 693. The summed E-state index contributed by atoms with van der Waals surface area (Å²) in [5, 5.41) is 65.7. The van der Waals surface area contributed by atoms with E-state index in [1.165, 1.54) is 0 Å². The van der Waals surface area contributed by atoms with E-state index >= 15 is 0 Å². The molecule has 0 aliphatic carbocycles. The zero-order valence-corrected chi connectivity index (χ0v) is 16.2. The summed E-state index contributed by atoms with van der Waals surface area (Å²) in [5.41, 5.74) is 2.02. The molecular weight excluding hydrogens is 376 g/mol. The van der Waals surface area contributed by atoms with Crippen molar-refractivity contribution < 1.29 is 35.7 Å². The van der Waals surface area contributed by atoms with Crippen LogP contribution in [0.5, 0.6) is 5.75 Å². The number of rotatable bonds is 11. The first-order chi connectivity index (χ1) is 13.7. The minimum absolute atomic E-state index is 0.0722. The van der Waals surface area contributed by atoms with Gasteiger partial charge in [-0.15, -0.1) is 0 Å². The second kappa shape index (κ2) is 10.7. The second-order valence-electron chi connectivity index (χ2n) is 7.46. The lowest BCUT2D eigenvalue weighted by molar-refractivity contribution is -0.0662. The Balaban J connectivity index is 2.36. The predicted molar refractivity (Wildman–Crippen MR) is 108 cm³/mol. The zero-order valence-electron chi connectivity index (χ0n) is 16.2. The summed E-state index contributed by atoms with van der Waals surface area (Å²) in [5.74, 6) is 0.178. The molecule has 0 bridgehead atoms. The van der Waals surface area contributed by atoms with Gasteiger partial charge in [0.1, 0.15) is 5.75 Å². The van der Waals surface area contributed by atoms with Crippen LogP contribution in [0.25, 0.3) is 11.1 Å². The van der Waals surface area contributed by atoms with Crippen molar-refractivity contribution in [3.05, 3.63) is 54.1 Å². The van der Waals surface area contributed by atoms with E-state index in [0.717, 1.165) is 16.7 Å². The zero-order chi connectivity index (χ0) is 21.4. The fourth-order valence-corrected chi connectivity index (χ4v) is 3.69. The molecule has 0 unspecified atom stereocenters. The second-order valence-corrected chi connectivity index (χ2v) is 7.46. The molecule has 0 fully saturated rings. The average Bonchev–Trinajstić information content (AvgIpc) is 2.68. The molecule has 0 spiro atoms. The summed E-state index contributed by atoms with van der Waals surface area (Å²) in [7, 11) is 0. The van der Waals surface area contributed by atoms with Crippen LogP contribution in [0.4, 0.5) is 0 Å². The minimum atomic E-state index is -1.51. The van der Waals surface area contributed by atoms with E-state index < -0.39 is 24.3 Å². The summed E-state index contributed by atoms with van der Waals surface area (Å²) < 4.78 is 0. The van der Waals surface area contributed by atoms with Crippen molar-refractivity contribution in [1.82, 2.24) is 0 Å². The number of benzene rings is 2. The first kappa shape index (κ1) is 23.3. The van der Waals surface area contributed by atoms with Gasteiger partial charge in [-0.1, -0.05) is 36.4 Å². The van der Waals surface area contributed by atoms with Crippen molar-refractivity contribution in [3.63, 3.8) is 0 Å². The Labute approximate surface area is 170 Å². The van der Waals surface area contributed by atoms with Gasteiger partial charge in [0.05, 0.1) is 0 Å². The molecule has 0 saturated carbocycles. The molecule has 29 heavy (non-hydrogen) atoms. The highest BCUT2D eigenvalue weighted by Crippen LogP contribution is 2.40. The number of aliphatic hydroxyl groups is 6. The van der Waals surface area contributed by atoms with Crippen LogP contribution in [0.2, 0.25) is 0 Å². The number of aliphatic hydroxyl groups excluding tert-OH is 3. The van der Waals surface area contributed by atoms with Gasteiger partial charge in [0.15, 0.2) is 18.9 Å². The Morgan fingerprint density at radius 3 is 1.24 bits per heavy atom. The molecule has 7 N–H and O–H groups in total. The number of phenolic OH excluding ortho intramolecular Hbond substituents is 1. The largest absolute Gasteiger partial charge is 0.508 e. The highest BCUT2D eigenvalue weighted by atomic mass is 16.5. The fraction of sp³-hybridized carbons (Fsp3) is 0.455. The van der Waals surface area contributed by atoms with Crippen LogP contribution in [0.1, 0.15) is 44.1 Å². The van der Waals surface area contributed by atoms with Crippen molar-refractivity contribution in [2.24, 2.45) is 0 Å². The number of phenols is 1. The van der Waals surface area contributed by atoms with Crippen molar-refractivity contribution >= 4 is 0 Å². The summed E-state index contributed by atoms with van der Waals surface area (Å²) >= 11 is 0. The maximum absolute atomic E-state index is 9.44. The van der Waals surface area contributed by atoms with Gasteiger partial charge in [-0.3, -0.25) is 0 Å². The maximum Gasteiger partial charge on any atom is 0.151 e. The first-order valence-electron chi connectivity index (χ1n) is 9.70. The summed E-state index contributed by atoms with van der Waals surface area (Å²) in [6.07, 6.45) is -3.31. The van der Waals surface area contributed by atoms with Crippen LogP contribution in [-0.4, -0.2) is 54.6 Å². The van der Waals surface area contributed by atoms with Crippen molar-refractivity contribution in [2.75, 3.05) is 0 Å². The summed E-state index contributed by atoms with van der Waals surface area (Å²) in [6, 6.07) is 14.4. The topological polar surface area (TPSA) is 142 Å². The third kappa shape index (κ3) is 7.08. The highest BCUT2D eigenvalue weighted by Gasteiger charge is 2.33. The van der Waals surface area contributed by atoms with Crippen LogP contribution in [0.15, 0.2) is 48.5 Å². The average molecular weight is 406 g/mol. The predicted octanol–water partition coefficient (Wildman–Crippen LogP) is 1.57. The molecule has 7 heteroatoms. The summed E-state index contributed by atoms with van der Waals surface area (Å²) in [4.78, 5) is 0. The quantitative estimate of drug-likeness (QED) is 0.281. The Morgan fingerprint density at radius 1 is 0.552 bits per heavy atom. The molecule has 0 heterocycles. The van der Waals surface area contributed by atoms with E-state index in [0.29, 0.717) is 19.3 Å². The normalized spacial score (nSPS) is 12.3. The van der Waals surface area contributed by atoms with E-state index in [1.54, 1.807) is 24.3 Å². The van der Waals surface area contributed by atoms with E-state index in [9.17, 15) is 35.7 Å². The van der Waals surface area contributed by atoms with E-state index in [2.05, 4.69) is 0 Å². The Morgan fingerprint density at radius 2 is 0.897 bits per heavy atom. The molecule has 0 radical (unpaired) electrons. The molecule has 2 aromatic rings. The minimum Gasteiger partial charge on any atom is -0.508 e. The fourth-order valence-electron chi connectivity index (χ4n) is 3.69. The standard InChI is InChI=1S/C22H30O7/c23-18-7-3-16(4-8-18)15-1-5-17(6-2-15)22(12-9-19(24)25,13-10-20(26)27)14-11-21(28)29/h1-8,19-21,23-29H,9-14H2. The van der Waals surface area contributed by atoms with Crippen LogP contribution in [0.3, 0.4) is 0 Å². The summed E-state index contributed by atoms with van der Waals surface area (Å²) in [6.45, 7) is 0. The van der Waals surface area contributed by atoms with Crippen LogP contribution < -0.4 is 0 Å². The molecule has 160 valence electrons. The lowest BCUT2D eigenvalue weighted by Crippen LogP contribution is -2.31. The Hall–Kier alpha value is -2.00. The van der Waals surface area contributed by atoms with Crippen LogP contribution in [-0.2, 0) is 5.41 Å². The monoisotopic (exact) mass is 406 g/mol. The molecule has 0 saturated heterocycles. The highest BCUT2D eigenvalue weighted by molar-refractivity contribution is 5.64. The van der Waals surface area contributed by atoms with E-state index in [-0.39, 0.29) is 25.0 Å². The lowest BCUT2D eigenvalue weighted by atomic mass is 9.69. The number of hydrogen-bond donors (Lipinski definition) is 7.